The molecule has 2 aromatic rings. The largest absolute Gasteiger partial charge is 0.444 e. The van der Waals surface area contributed by atoms with Crippen molar-refractivity contribution in [2.24, 2.45) is 0 Å². The summed E-state index contributed by atoms with van der Waals surface area (Å²) in [4.78, 5) is 41.1. The van der Waals surface area contributed by atoms with Gasteiger partial charge in [0.05, 0.1) is 5.69 Å². The third-order valence-corrected chi connectivity index (χ3v) is 5.66. The molecule has 0 aromatic heterocycles. The zero-order valence-corrected chi connectivity index (χ0v) is 18.1. The number of rotatable bonds is 2. The number of carbonyl (C=O) groups is 3. The summed E-state index contributed by atoms with van der Waals surface area (Å²) in [5.74, 6) is -0.270. The zero-order chi connectivity index (χ0) is 22.2. The molecule has 2 fully saturated rings. The van der Waals surface area contributed by atoms with E-state index in [0.29, 0.717) is 31.6 Å². The van der Waals surface area contributed by atoms with Gasteiger partial charge in [-0.3, -0.25) is 4.79 Å². The highest BCUT2D eigenvalue weighted by Crippen LogP contribution is 2.33. The number of likely N-dealkylation sites (tertiary alicyclic amines) is 1. The van der Waals surface area contributed by atoms with Crippen LogP contribution in [0.1, 0.15) is 33.6 Å². The second kappa shape index (κ2) is 7.72. The van der Waals surface area contributed by atoms with Gasteiger partial charge in [-0.1, -0.05) is 42.5 Å². The summed E-state index contributed by atoms with van der Waals surface area (Å²) in [6.45, 7) is 6.15. The second-order valence-corrected chi connectivity index (χ2v) is 9.03. The van der Waals surface area contributed by atoms with E-state index < -0.39 is 23.3 Å². The Labute approximate surface area is 182 Å². The van der Waals surface area contributed by atoms with Crippen LogP contribution < -0.4 is 10.2 Å². The molecule has 7 heteroatoms. The minimum absolute atomic E-state index is 0.270. The third kappa shape index (κ3) is 4.13. The zero-order valence-electron chi connectivity index (χ0n) is 18.1. The standard InChI is InChI=1S/C24H27N3O4/c1-23(2,3)31-22(30)26-15-13-24(14-16-26)20(28)27(21(29)25-24)19-11-9-18(10-12-19)17-7-5-4-6-8-17/h4-12H,13-16H2,1-3H3,(H,25,29). The number of imide groups is 1. The van der Waals surface area contributed by atoms with E-state index in [9.17, 15) is 14.4 Å². The van der Waals surface area contributed by atoms with Gasteiger partial charge in [0.1, 0.15) is 11.1 Å². The Morgan fingerprint density at radius 2 is 1.52 bits per heavy atom. The van der Waals surface area contributed by atoms with Crippen molar-refractivity contribution in [1.29, 1.82) is 0 Å². The van der Waals surface area contributed by atoms with Gasteiger partial charge in [0, 0.05) is 13.1 Å². The van der Waals surface area contributed by atoms with Gasteiger partial charge in [0.15, 0.2) is 0 Å². The van der Waals surface area contributed by atoms with Crippen molar-refractivity contribution in [2.45, 2.75) is 44.8 Å². The number of nitrogens with one attached hydrogen (secondary N) is 1. The Kier molecular flexibility index (Phi) is 5.21. The third-order valence-electron chi connectivity index (χ3n) is 5.66. The summed E-state index contributed by atoms with van der Waals surface area (Å²) in [7, 11) is 0. The molecule has 1 spiro atoms. The number of hydrogen-bond acceptors (Lipinski definition) is 4. The smallest absolute Gasteiger partial charge is 0.410 e. The molecule has 2 aromatic carbocycles. The molecular weight excluding hydrogens is 394 g/mol. The van der Waals surface area contributed by atoms with Crippen molar-refractivity contribution in [3.05, 3.63) is 54.6 Å². The molecule has 0 aliphatic carbocycles. The summed E-state index contributed by atoms with van der Waals surface area (Å²) in [6.07, 6.45) is 0.317. The molecule has 2 heterocycles. The molecule has 0 saturated carbocycles. The predicted octanol–water partition coefficient (Wildman–Crippen LogP) is 4.18. The van der Waals surface area contributed by atoms with Crippen molar-refractivity contribution < 1.29 is 19.1 Å². The van der Waals surface area contributed by atoms with E-state index >= 15 is 0 Å². The van der Waals surface area contributed by atoms with E-state index in [0.717, 1.165) is 11.1 Å². The molecule has 1 N–H and O–H groups in total. The van der Waals surface area contributed by atoms with Crippen LogP contribution in [0.5, 0.6) is 0 Å². The highest BCUT2D eigenvalue weighted by Gasteiger charge is 2.53. The number of nitrogens with zero attached hydrogens (tertiary/aromatic N) is 2. The topological polar surface area (TPSA) is 79.0 Å². The Hall–Kier alpha value is -3.35. The Morgan fingerprint density at radius 3 is 2.10 bits per heavy atom. The first-order valence-corrected chi connectivity index (χ1v) is 10.5. The lowest BCUT2D eigenvalue weighted by Gasteiger charge is -2.37. The highest BCUT2D eigenvalue weighted by molar-refractivity contribution is 6.23. The summed E-state index contributed by atoms with van der Waals surface area (Å²) < 4.78 is 5.42. The van der Waals surface area contributed by atoms with Crippen LogP contribution in [0.4, 0.5) is 15.3 Å². The van der Waals surface area contributed by atoms with Crippen LogP contribution >= 0.6 is 0 Å². The normalized spacial score (nSPS) is 18.3. The summed E-state index contributed by atoms with van der Waals surface area (Å²) in [6, 6.07) is 16.9. The number of amides is 4. The van der Waals surface area contributed by atoms with Crippen molar-refractivity contribution in [1.82, 2.24) is 10.2 Å². The fourth-order valence-electron chi connectivity index (χ4n) is 4.02. The van der Waals surface area contributed by atoms with E-state index in [1.54, 1.807) is 17.0 Å². The van der Waals surface area contributed by atoms with Crippen molar-refractivity contribution >= 4 is 23.7 Å². The van der Waals surface area contributed by atoms with Gasteiger partial charge in [-0.25, -0.2) is 14.5 Å². The summed E-state index contributed by atoms with van der Waals surface area (Å²) >= 11 is 0. The second-order valence-electron chi connectivity index (χ2n) is 9.03. The number of urea groups is 1. The van der Waals surface area contributed by atoms with E-state index in [1.807, 2.05) is 63.2 Å². The number of benzene rings is 2. The van der Waals surface area contributed by atoms with Crippen molar-refractivity contribution in [2.75, 3.05) is 18.0 Å². The molecule has 7 nitrogen and oxygen atoms in total. The molecule has 31 heavy (non-hydrogen) atoms. The lowest BCUT2D eigenvalue weighted by molar-refractivity contribution is -0.123. The van der Waals surface area contributed by atoms with Crippen LogP contribution in [0.15, 0.2) is 54.6 Å². The number of ether oxygens (including phenoxy) is 1. The van der Waals surface area contributed by atoms with Crippen LogP contribution in [0.3, 0.4) is 0 Å². The molecule has 162 valence electrons. The molecule has 2 aliphatic rings. The minimum atomic E-state index is -0.978. The first-order chi connectivity index (χ1) is 14.7. The molecule has 2 saturated heterocycles. The van der Waals surface area contributed by atoms with Crippen LogP contribution in [0, 0.1) is 0 Å². The fourth-order valence-corrected chi connectivity index (χ4v) is 4.02. The monoisotopic (exact) mass is 421 g/mol. The average molecular weight is 421 g/mol. The maximum atomic E-state index is 13.3. The lowest BCUT2D eigenvalue weighted by Crippen LogP contribution is -2.56. The van der Waals surface area contributed by atoms with Crippen molar-refractivity contribution in [3.8, 4) is 11.1 Å². The molecule has 4 amide bonds. The van der Waals surface area contributed by atoms with Crippen LogP contribution in [-0.2, 0) is 9.53 Å². The number of carbonyl (C=O) groups excluding carboxylic acids is 3. The first kappa shape index (κ1) is 20.9. The molecule has 0 atom stereocenters. The van der Waals surface area contributed by atoms with Gasteiger partial charge >= 0.3 is 12.1 Å². The Bertz CT molecular complexity index is 988. The average Bonchev–Trinajstić information content (AvgIpc) is 2.97. The van der Waals surface area contributed by atoms with Gasteiger partial charge in [-0.05, 0) is 56.9 Å². The van der Waals surface area contributed by atoms with Gasteiger partial charge in [-0.15, -0.1) is 0 Å². The van der Waals surface area contributed by atoms with E-state index in [1.165, 1.54) is 4.90 Å². The van der Waals surface area contributed by atoms with Crippen LogP contribution in [0.2, 0.25) is 0 Å². The molecule has 4 rings (SSSR count). The maximum absolute atomic E-state index is 13.3. The quantitative estimate of drug-likeness (QED) is 0.738. The molecular formula is C24H27N3O4. The SMILES string of the molecule is CC(C)(C)OC(=O)N1CCC2(CC1)NC(=O)N(c1ccc(-c3ccccc3)cc1)C2=O. The minimum Gasteiger partial charge on any atom is -0.444 e. The van der Waals surface area contributed by atoms with Crippen molar-refractivity contribution in [3.63, 3.8) is 0 Å². The Morgan fingerprint density at radius 1 is 0.935 bits per heavy atom. The highest BCUT2D eigenvalue weighted by atomic mass is 16.6. The Balaban J connectivity index is 1.47. The number of anilines is 1. The molecule has 0 unspecified atom stereocenters. The van der Waals surface area contributed by atoms with Gasteiger partial charge in [0.25, 0.3) is 5.91 Å². The van der Waals surface area contributed by atoms with E-state index in [4.69, 9.17) is 4.74 Å². The fraction of sp³-hybridized carbons (Fsp3) is 0.375. The lowest BCUT2D eigenvalue weighted by atomic mass is 9.87. The van der Waals surface area contributed by atoms with Crippen LogP contribution in [-0.4, -0.2) is 47.2 Å². The van der Waals surface area contributed by atoms with Gasteiger partial charge in [0.2, 0.25) is 0 Å². The number of piperidine rings is 1. The molecule has 0 bridgehead atoms. The predicted molar refractivity (Wildman–Crippen MR) is 118 cm³/mol. The van der Waals surface area contributed by atoms with E-state index in [2.05, 4.69) is 5.32 Å². The molecule has 2 aliphatic heterocycles. The van der Waals surface area contributed by atoms with Gasteiger partial charge < -0.3 is 15.0 Å². The van der Waals surface area contributed by atoms with E-state index in [-0.39, 0.29) is 5.91 Å². The first-order valence-electron chi connectivity index (χ1n) is 10.5. The maximum Gasteiger partial charge on any atom is 0.410 e. The molecule has 0 radical (unpaired) electrons. The van der Waals surface area contributed by atoms with Gasteiger partial charge in [-0.2, -0.15) is 0 Å². The van der Waals surface area contributed by atoms with Crippen LogP contribution in [0.25, 0.3) is 11.1 Å². The summed E-state index contributed by atoms with van der Waals surface area (Å²) in [5, 5.41) is 2.88. The number of hydrogen-bond donors (Lipinski definition) is 1. The summed E-state index contributed by atoms with van der Waals surface area (Å²) in [5.41, 5.74) is 1.06.